The summed E-state index contributed by atoms with van der Waals surface area (Å²) in [5, 5.41) is 8.47. The van der Waals surface area contributed by atoms with Gasteiger partial charge in [-0.05, 0) is 19.1 Å². The number of anilines is 1. The summed E-state index contributed by atoms with van der Waals surface area (Å²) in [6.45, 7) is 2.29. The Balaban J connectivity index is 1.76. The lowest BCUT2D eigenvalue weighted by Crippen LogP contribution is -2.27. The molecule has 3 aromatic rings. The number of carbonyl (C=O) groups excluding carboxylic acids is 1. The zero-order chi connectivity index (χ0) is 19.4. The normalized spacial score (nSPS) is 10.8. The molecule has 1 aromatic carbocycles. The third-order valence-corrected chi connectivity index (χ3v) is 4.85. The van der Waals surface area contributed by atoms with Gasteiger partial charge in [-0.1, -0.05) is 30.0 Å². The number of halogens is 2. The molecule has 0 saturated heterocycles. The molecule has 0 aliphatic rings. The van der Waals surface area contributed by atoms with Crippen molar-refractivity contribution in [1.82, 2.24) is 19.7 Å². The third kappa shape index (κ3) is 4.13. The van der Waals surface area contributed by atoms with E-state index in [9.17, 15) is 13.6 Å². The predicted octanol–water partition coefficient (Wildman–Crippen LogP) is 3.39. The molecular weight excluding hydrogens is 372 g/mol. The topological polar surface area (TPSA) is 63.9 Å². The number of hydrogen-bond acceptors (Lipinski definition) is 5. The Morgan fingerprint density at radius 1 is 1.22 bits per heavy atom. The standard InChI is InChI=1S/C18H17F2N5OS/c1-3-25-17(16-14(20)9-12(19)10-21-16)22-23-18(25)27-11-15(26)24(2)13-7-5-4-6-8-13/h4-10H,3,11H2,1-2H3. The Hall–Kier alpha value is -2.81. The van der Waals surface area contributed by atoms with Crippen LogP contribution >= 0.6 is 11.8 Å². The molecule has 0 aliphatic heterocycles. The van der Waals surface area contributed by atoms with Crippen molar-refractivity contribution in [3.8, 4) is 11.5 Å². The number of carbonyl (C=O) groups is 1. The van der Waals surface area contributed by atoms with E-state index in [1.165, 1.54) is 11.8 Å². The van der Waals surface area contributed by atoms with Crippen LogP contribution in [0.3, 0.4) is 0 Å². The molecule has 2 aromatic heterocycles. The van der Waals surface area contributed by atoms with Gasteiger partial charge in [0.05, 0.1) is 11.9 Å². The maximum absolute atomic E-state index is 14.0. The third-order valence-electron chi connectivity index (χ3n) is 3.90. The molecule has 27 heavy (non-hydrogen) atoms. The highest BCUT2D eigenvalue weighted by Gasteiger charge is 2.20. The first-order chi connectivity index (χ1) is 13.0. The summed E-state index contributed by atoms with van der Waals surface area (Å²) in [5.74, 6) is -1.34. The van der Waals surface area contributed by atoms with E-state index >= 15 is 0 Å². The molecule has 0 unspecified atom stereocenters. The van der Waals surface area contributed by atoms with E-state index in [1.807, 2.05) is 37.3 Å². The summed E-state index contributed by atoms with van der Waals surface area (Å²) < 4.78 is 28.7. The van der Waals surface area contributed by atoms with Gasteiger partial charge in [0, 0.05) is 25.3 Å². The van der Waals surface area contributed by atoms with Crippen LogP contribution in [-0.2, 0) is 11.3 Å². The molecular formula is C18H17F2N5OS. The van der Waals surface area contributed by atoms with Gasteiger partial charge < -0.3 is 9.47 Å². The van der Waals surface area contributed by atoms with Crippen molar-refractivity contribution in [3.63, 3.8) is 0 Å². The molecule has 0 radical (unpaired) electrons. The van der Waals surface area contributed by atoms with E-state index in [2.05, 4.69) is 15.2 Å². The van der Waals surface area contributed by atoms with Crippen LogP contribution < -0.4 is 4.90 Å². The van der Waals surface area contributed by atoms with E-state index in [-0.39, 0.29) is 23.2 Å². The van der Waals surface area contributed by atoms with E-state index in [0.29, 0.717) is 11.7 Å². The van der Waals surface area contributed by atoms with Gasteiger partial charge in [-0.25, -0.2) is 13.8 Å². The van der Waals surface area contributed by atoms with E-state index < -0.39 is 11.6 Å². The number of para-hydroxylation sites is 1. The van der Waals surface area contributed by atoms with E-state index in [0.717, 1.165) is 18.0 Å². The Labute approximate surface area is 159 Å². The summed E-state index contributed by atoms with van der Waals surface area (Å²) in [4.78, 5) is 17.8. The second kappa shape index (κ2) is 8.26. The van der Waals surface area contributed by atoms with Crippen molar-refractivity contribution < 1.29 is 13.6 Å². The number of rotatable bonds is 6. The molecule has 1 amide bonds. The lowest BCUT2D eigenvalue weighted by Gasteiger charge is -2.16. The van der Waals surface area contributed by atoms with E-state index in [4.69, 9.17) is 0 Å². The number of nitrogens with zero attached hydrogens (tertiary/aromatic N) is 5. The molecule has 0 bridgehead atoms. The highest BCUT2D eigenvalue weighted by Crippen LogP contribution is 2.25. The Kier molecular flexibility index (Phi) is 5.80. The van der Waals surface area contributed by atoms with Crippen molar-refractivity contribution in [2.24, 2.45) is 0 Å². The lowest BCUT2D eigenvalue weighted by atomic mass is 10.3. The summed E-state index contributed by atoms with van der Waals surface area (Å²) in [5.41, 5.74) is 0.712. The smallest absolute Gasteiger partial charge is 0.237 e. The second-order valence-corrected chi connectivity index (χ2v) is 6.55. The van der Waals surface area contributed by atoms with Crippen LogP contribution in [0.1, 0.15) is 6.92 Å². The zero-order valence-electron chi connectivity index (χ0n) is 14.8. The number of hydrogen-bond donors (Lipinski definition) is 0. The van der Waals surface area contributed by atoms with Crippen molar-refractivity contribution in [2.45, 2.75) is 18.6 Å². The maximum Gasteiger partial charge on any atom is 0.237 e. The fraction of sp³-hybridized carbons (Fsp3) is 0.222. The molecule has 3 rings (SSSR count). The SMILES string of the molecule is CCn1c(SCC(=O)N(C)c2ccccc2)nnc1-c1ncc(F)cc1F. The van der Waals surface area contributed by atoms with Gasteiger partial charge in [0.2, 0.25) is 5.91 Å². The Bertz CT molecular complexity index is 948. The first kappa shape index (κ1) is 19.0. The average Bonchev–Trinajstić information content (AvgIpc) is 3.08. The first-order valence-electron chi connectivity index (χ1n) is 8.20. The van der Waals surface area contributed by atoms with Gasteiger partial charge in [-0.2, -0.15) is 0 Å². The quantitative estimate of drug-likeness (QED) is 0.605. The van der Waals surface area contributed by atoms with Gasteiger partial charge in [0.1, 0.15) is 11.5 Å². The zero-order valence-corrected chi connectivity index (χ0v) is 15.6. The van der Waals surface area contributed by atoms with Gasteiger partial charge >= 0.3 is 0 Å². The van der Waals surface area contributed by atoms with Crippen molar-refractivity contribution in [2.75, 3.05) is 17.7 Å². The molecule has 140 valence electrons. The van der Waals surface area contributed by atoms with Gasteiger partial charge in [-0.3, -0.25) is 4.79 Å². The van der Waals surface area contributed by atoms with Crippen LogP contribution in [0, 0.1) is 11.6 Å². The fourth-order valence-corrected chi connectivity index (χ4v) is 3.37. The molecule has 0 spiro atoms. The van der Waals surface area contributed by atoms with Gasteiger partial charge in [0.25, 0.3) is 0 Å². The first-order valence-corrected chi connectivity index (χ1v) is 9.18. The van der Waals surface area contributed by atoms with Crippen LogP contribution in [0.5, 0.6) is 0 Å². The minimum atomic E-state index is -0.812. The molecule has 0 fully saturated rings. The second-order valence-electron chi connectivity index (χ2n) is 5.61. The van der Waals surface area contributed by atoms with Crippen LogP contribution in [0.25, 0.3) is 11.5 Å². The monoisotopic (exact) mass is 389 g/mol. The van der Waals surface area contributed by atoms with E-state index in [1.54, 1.807) is 16.5 Å². The molecule has 0 atom stereocenters. The minimum absolute atomic E-state index is 0.0784. The van der Waals surface area contributed by atoms with Crippen molar-refractivity contribution in [1.29, 1.82) is 0 Å². The summed E-state index contributed by atoms with van der Waals surface area (Å²) >= 11 is 1.20. The van der Waals surface area contributed by atoms with Gasteiger partial charge in [0.15, 0.2) is 16.8 Å². The average molecular weight is 389 g/mol. The molecule has 2 heterocycles. The minimum Gasteiger partial charge on any atom is -0.315 e. The fourth-order valence-electron chi connectivity index (χ4n) is 2.45. The number of benzene rings is 1. The Morgan fingerprint density at radius 3 is 2.63 bits per heavy atom. The van der Waals surface area contributed by atoms with Crippen LogP contribution in [0.4, 0.5) is 14.5 Å². The van der Waals surface area contributed by atoms with Crippen molar-refractivity contribution in [3.05, 3.63) is 54.2 Å². The van der Waals surface area contributed by atoms with Crippen LogP contribution in [0.15, 0.2) is 47.8 Å². The molecule has 0 aliphatic carbocycles. The number of amides is 1. The summed E-state index contributed by atoms with van der Waals surface area (Å²) in [7, 11) is 1.70. The highest BCUT2D eigenvalue weighted by molar-refractivity contribution is 7.99. The van der Waals surface area contributed by atoms with Crippen LogP contribution in [-0.4, -0.2) is 38.5 Å². The van der Waals surface area contributed by atoms with Crippen molar-refractivity contribution >= 4 is 23.4 Å². The largest absolute Gasteiger partial charge is 0.315 e. The van der Waals surface area contributed by atoms with Crippen LogP contribution in [0.2, 0.25) is 0 Å². The van der Waals surface area contributed by atoms with Gasteiger partial charge in [-0.15, -0.1) is 10.2 Å². The summed E-state index contributed by atoms with van der Waals surface area (Å²) in [6.07, 6.45) is 0.929. The molecule has 6 nitrogen and oxygen atoms in total. The number of thioether (sulfide) groups is 1. The molecule has 9 heteroatoms. The highest BCUT2D eigenvalue weighted by atomic mass is 32.2. The number of pyridine rings is 1. The maximum atomic E-state index is 14.0. The summed E-state index contributed by atoms with van der Waals surface area (Å²) in [6, 6.07) is 10.0. The Morgan fingerprint density at radius 2 is 1.96 bits per heavy atom. The molecule has 0 N–H and O–H groups in total. The number of aromatic nitrogens is 4. The molecule has 0 saturated carbocycles. The predicted molar refractivity (Wildman–Crippen MR) is 99.4 cm³/mol. The lowest BCUT2D eigenvalue weighted by molar-refractivity contribution is -0.115.